The Morgan fingerprint density at radius 3 is 2.56 bits per heavy atom. The van der Waals surface area contributed by atoms with Crippen LogP contribution in [-0.2, 0) is 12.8 Å². The predicted octanol–water partition coefficient (Wildman–Crippen LogP) is 4.42. The van der Waals surface area contributed by atoms with Crippen molar-refractivity contribution in [1.29, 1.82) is 0 Å². The van der Waals surface area contributed by atoms with Crippen LogP contribution in [0.2, 0.25) is 0 Å². The highest BCUT2D eigenvalue weighted by molar-refractivity contribution is 9.15. The third kappa shape index (κ3) is 3.60. The van der Waals surface area contributed by atoms with Gasteiger partial charge in [0, 0.05) is 21.7 Å². The molecule has 2 aromatic rings. The number of phenolic OH excluding ortho intramolecular Hbond substituents is 1. The van der Waals surface area contributed by atoms with Crippen LogP contribution in [0, 0.1) is 0 Å². The standard InChI is InChI=1S/C21H24BrN3O2/c1-12(22)13-7-8-17(18(26)9-13)19-15-5-3-4-6-16(15)20(25-24-19)23-14-10-21(2,27)11-14/h7-9,14,26-27H,1,3-6,10-11H2,2H3,(H,23,25). The quantitative estimate of drug-likeness (QED) is 0.670. The number of fused-ring (bicyclic) bond motifs is 1. The van der Waals surface area contributed by atoms with Crippen molar-refractivity contribution in [2.75, 3.05) is 5.32 Å². The fourth-order valence-corrected chi connectivity index (χ4v) is 4.43. The Labute approximate surface area is 167 Å². The first-order valence-corrected chi connectivity index (χ1v) is 10.2. The van der Waals surface area contributed by atoms with Gasteiger partial charge >= 0.3 is 0 Å². The van der Waals surface area contributed by atoms with E-state index in [9.17, 15) is 10.2 Å². The fraction of sp³-hybridized carbons (Fsp3) is 0.429. The van der Waals surface area contributed by atoms with Gasteiger partial charge in [-0.25, -0.2) is 0 Å². The molecule has 6 heteroatoms. The van der Waals surface area contributed by atoms with Crippen molar-refractivity contribution in [1.82, 2.24) is 10.2 Å². The number of hydrogen-bond donors (Lipinski definition) is 3. The number of nitrogens with one attached hydrogen (secondary N) is 1. The molecule has 0 atom stereocenters. The second-order valence-electron chi connectivity index (χ2n) is 7.94. The SMILES string of the molecule is C=C(Br)c1ccc(-c2nnc(NC3CC(C)(O)C3)c3c2CCCC3)c(O)c1. The predicted molar refractivity (Wildman–Crippen MR) is 111 cm³/mol. The highest BCUT2D eigenvalue weighted by Crippen LogP contribution is 2.39. The van der Waals surface area contributed by atoms with Crippen molar-refractivity contribution in [2.24, 2.45) is 0 Å². The summed E-state index contributed by atoms with van der Waals surface area (Å²) < 4.78 is 0.730. The molecule has 1 aromatic carbocycles. The van der Waals surface area contributed by atoms with Gasteiger partial charge in [0.05, 0.1) is 5.60 Å². The molecule has 2 aliphatic rings. The molecule has 4 rings (SSSR count). The number of phenols is 1. The average Bonchev–Trinajstić information content (AvgIpc) is 2.60. The first-order valence-electron chi connectivity index (χ1n) is 9.39. The summed E-state index contributed by atoms with van der Waals surface area (Å²) in [6, 6.07) is 5.74. The molecule has 0 saturated heterocycles. The van der Waals surface area contributed by atoms with Crippen LogP contribution < -0.4 is 5.32 Å². The fourth-order valence-electron chi connectivity index (χ4n) is 4.18. The Morgan fingerprint density at radius 2 is 1.93 bits per heavy atom. The van der Waals surface area contributed by atoms with Gasteiger partial charge in [-0.05, 0) is 68.7 Å². The number of benzene rings is 1. The van der Waals surface area contributed by atoms with E-state index in [1.807, 2.05) is 19.1 Å². The lowest BCUT2D eigenvalue weighted by molar-refractivity contribution is -0.0235. The molecule has 1 saturated carbocycles. The van der Waals surface area contributed by atoms with Crippen LogP contribution in [-0.4, -0.2) is 32.1 Å². The summed E-state index contributed by atoms with van der Waals surface area (Å²) in [5.41, 5.74) is 4.11. The summed E-state index contributed by atoms with van der Waals surface area (Å²) >= 11 is 3.35. The monoisotopic (exact) mass is 429 g/mol. The van der Waals surface area contributed by atoms with E-state index in [0.717, 1.165) is 60.1 Å². The largest absolute Gasteiger partial charge is 0.507 e. The van der Waals surface area contributed by atoms with Gasteiger partial charge in [0.25, 0.3) is 0 Å². The second-order valence-corrected chi connectivity index (χ2v) is 8.90. The van der Waals surface area contributed by atoms with Crippen LogP contribution in [0.3, 0.4) is 0 Å². The van der Waals surface area contributed by atoms with E-state index in [0.29, 0.717) is 5.56 Å². The highest BCUT2D eigenvalue weighted by atomic mass is 79.9. The molecule has 1 heterocycles. The van der Waals surface area contributed by atoms with Crippen LogP contribution in [0.1, 0.15) is 49.3 Å². The summed E-state index contributed by atoms with van der Waals surface area (Å²) in [5.74, 6) is 1.02. The molecule has 27 heavy (non-hydrogen) atoms. The van der Waals surface area contributed by atoms with Gasteiger partial charge in [0.15, 0.2) is 5.82 Å². The third-order valence-corrected chi connectivity index (χ3v) is 6.03. The van der Waals surface area contributed by atoms with Crippen LogP contribution in [0.15, 0.2) is 24.8 Å². The number of halogens is 1. The lowest BCUT2D eigenvalue weighted by Crippen LogP contribution is -2.48. The zero-order valence-electron chi connectivity index (χ0n) is 15.4. The van der Waals surface area contributed by atoms with Gasteiger partial charge in [-0.2, -0.15) is 0 Å². The molecular formula is C21H24BrN3O2. The number of hydrogen-bond acceptors (Lipinski definition) is 5. The van der Waals surface area contributed by atoms with E-state index in [-0.39, 0.29) is 11.8 Å². The Hall–Kier alpha value is -1.92. The number of nitrogens with zero attached hydrogens (tertiary/aromatic N) is 2. The van der Waals surface area contributed by atoms with Crippen LogP contribution in [0.5, 0.6) is 5.75 Å². The normalized spacial score (nSPS) is 24.0. The van der Waals surface area contributed by atoms with Crippen molar-refractivity contribution in [3.05, 3.63) is 41.5 Å². The Morgan fingerprint density at radius 1 is 1.22 bits per heavy atom. The third-order valence-electron chi connectivity index (χ3n) is 5.57. The molecule has 0 unspecified atom stereocenters. The van der Waals surface area contributed by atoms with Crippen LogP contribution >= 0.6 is 15.9 Å². The lowest BCUT2D eigenvalue weighted by atomic mass is 9.77. The zero-order valence-corrected chi connectivity index (χ0v) is 17.0. The summed E-state index contributed by atoms with van der Waals surface area (Å²) in [4.78, 5) is 0. The summed E-state index contributed by atoms with van der Waals surface area (Å²) in [6.45, 7) is 5.72. The minimum Gasteiger partial charge on any atom is -0.507 e. The van der Waals surface area contributed by atoms with Gasteiger partial charge in [-0.3, -0.25) is 0 Å². The molecule has 142 valence electrons. The second kappa shape index (κ2) is 6.91. The van der Waals surface area contributed by atoms with Gasteiger partial charge in [-0.15, -0.1) is 10.2 Å². The first kappa shape index (κ1) is 18.4. The van der Waals surface area contributed by atoms with E-state index < -0.39 is 5.60 Å². The summed E-state index contributed by atoms with van der Waals surface area (Å²) in [5, 5.41) is 32.9. The van der Waals surface area contributed by atoms with E-state index in [1.54, 1.807) is 6.07 Å². The van der Waals surface area contributed by atoms with Crippen molar-refractivity contribution in [2.45, 2.75) is 57.1 Å². The number of aromatic nitrogens is 2. The molecule has 0 radical (unpaired) electrons. The lowest BCUT2D eigenvalue weighted by Gasteiger charge is -2.41. The zero-order chi connectivity index (χ0) is 19.2. The van der Waals surface area contributed by atoms with E-state index in [2.05, 4.69) is 38.0 Å². The van der Waals surface area contributed by atoms with Gasteiger partial charge in [0.1, 0.15) is 11.4 Å². The Balaban J connectivity index is 1.70. The molecule has 1 fully saturated rings. The molecule has 5 nitrogen and oxygen atoms in total. The molecular weight excluding hydrogens is 406 g/mol. The number of aliphatic hydroxyl groups is 1. The highest BCUT2D eigenvalue weighted by Gasteiger charge is 2.39. The number of rotatable bonds is 4. The van der Waals surface area contributed by atoms with Crippen molar-refractivity contribution in [3.8, 4) is 17.0 Å². The topological polar surface area (TPSA) is 78.3 Å². The maximum Gasteiger partial charge on any atom is 0.152 e. The van der Waals surface area contributed by atoms with E-state index in [4.69, 9.17) is 0 Å². The summed E-state index contributed by atoms with van der Waals surface area (Å²) in [7, 11) is 0. The van der Waals surface area contributed by atoms with Crippen molar-refractivity contribution in [3.63, 3.8) is 0 Å². The summed E-state index contributed by atoms with van der Waals surface area (Å²) in [6.07, 6.45) is 5.58. The molecule has 1 aromatic heterocycles. The van der Waals surface area contributed by atoms with Crippen molar-refractivity contribution < 1.29 is 10.2 Å². The molecule has 0 spiro atoms. The van der Waals surface area contributed by atoms with Crippen LogP contribution in [0.4, 0.5) is 5.82 Å². The first-order chi connectivity index (χ1) is 12.8. The minimum absolute atomic E-state index is 0.186. The molecule has 3 N–H and O–H groups in total. The van der Waals surface area contributed by atoms with Gasteiger partial charge in [-0.1, -0.05) is 28.6 Å². The average molecular weight is 430 g/mol. The van der Waals surface area contributed by atoms with E-state index >= 15 is 0 Å². The molecule has 0 bridgehead atoms. The maximum atomic E-state index is 10.5. The van der Waals surface area contributed by atoms with Crippen LogP contribution in [0.25, 0.3) is 15.7 Å². The Bertz CT molecular complexity index is 903. The number of aromatic hydroxyl groups is 1. The molecule has 2 aliphatic carbocycles. The van der Waals surface area contributed by atoms with Gasteiger partial charge < -0.3 is 15.5 Å². The van der Waals surface area contributed by atoms with Gasteiger partial charge in [0.2, 0.25) is 0 Å². The van der Waals surface area contributed by atoms with E-state index in [1.165, 1.54) is 11.1 Å². The smallest absolute Gasteiger partial charge is 0.152 e. The maximum absolute atomic E-state index is 10.5. The van der Waals surface area contributed by atoms with Crippen molar-refractivity contribution >= 4 is 26.2 Å². The molecule has 0 amide bonds. The minimum atomic E-state index is -0.571. The number of anilines is 1. The Kier molecular flexibility index (Phi) is 4.72. The molecule has 0 aliphatic heterocycles.